The van der Waals surface area contributed by atoms with Gasteiger partial charge in [0.25, 0.3) is 0 Å². The molecule has 0 spiro atoms. The number of aliphatic hydroxyl groups is 2. The van der Waals surface area contributed by atoms with E-state index in [1.165, 1.54) is 13.0 Å². The van der Waals surface area contributed by atoms with Crippen LogP contribution in [0.5, 0.6) is 11.5 Å². The van der Waals surface area contributed by atoms with Gasteiger partial charge < -0.3 is 25.8 Å². The van der Waals surface area contributed by atoms with E-state index in [0.717, 1.165) is 0 Å². The maximum Gasteiger partial charge on any atom is 0.492 e. The number of nitrogen functional groups attached to an aromatic ring is 1. The number of aryl methyl sites for hydroxylation is 1. The molecule has 8 heteroatoms. The molecule has 0 saturated heterocycles. The Labute approximate surface area is 110 Å². The van der Waals surface area contributed by atoms with Crippen molar-refractivity contribution in [2.45, 2.75) is 13.2 Å². The highest BCUT2D eigenvalue weighted by Crippen LogP contribution is 2.42. The standard InChI is InChI=1S/C12H10F3NO4/c1-4-2-7(16)10(17)9-5(13)3-6(14)11(8(4)9)20-12(15,18)19/h2-3,17-19H,16H2,1H3. The Morgan fingerprint density at radius 3 is 2.30 bits per heavy atom. The number of anilines is 1. The molecule has 0 fully saturated rings. The van der Waals surface area contributed by atoms with Gasteiger partial charge in [0, 0.05) is 11.5 Å². The second-order valence-corrected chi connectivity index (χ2v) is 4.18. The molecule has 0 aliphatic heterocycles. The Balaban J connectivity index is 2.92. The molecule has 2 aromatic carbocycles. The highest BCUT2D eigenvalue weighted by Gasteiger charge is 2.29. The number of alkyl halides is 1. The molecule has 20 heavy (non-hydrogen) atoms. The summed E-state index contributed by atoms with van der Waals surface area (Å²) in [4.78, 5) is 0. The summed E-state index contributed by atoms with van der Waals surface area (Å²) in [5, 5.41) is 26.0. The van der Waals surface area contributed by atoms with Crippen molar-refractivity contribution < 1.29 is 33.2 Å². The van der Waals surface area contributed by atoms with Crippen LogP contribution in [0.1, 0.15) is 5.56 Å². The summed E-state index contributed by atoms with van der Waals surface area (Å²) in [5.41, 5.74) is 5.42. The van der Waals surface area contributed by atoms with Crippen molar-refractivity contribution in [3.63, 3.8) is 0 Å². The summed E-state index contributed by atoms with van der Waals surface area (Å²) >= 11 is 0. The molecule has 5 N–H and O–H groups in total. The number of benzene rings is 2. The molecule has 0 unspecified atom stereocenters. The van der Waals surface area contributed by atoms with Gasteiger partial charge in [0.2, 0.25) is 0 Å². The molecule has 0 atom stereocenters. The lowest BCUT2D eigenvalue weighted by Crippen LogP contribution is -2.29. The van der Waals surface area contributed by atoms with Gasteiger partial charge >= 0.3 is 6.23 Å². The van der Waals surface area contributed by atoms with Crippen molar-refractivity contribution in [1.82, 2.24) is 0 Å². The Morgan fingerprint density at radius 1 is 1.15 bits per heavy atom. The highest BCUT2D eigenvalue weighted by atomic mass is 19.2. The van der Waals surface area contributed by atoms with Gasteiger partial charge in [-0.1, -0.05) is 0 Å². The maximum atomic E-state index is 13.8. The van der Waals surface area contributed by atoms with Crippen LogP contribution in [0.4, 0.5) is 18.9 Å². The number of halogens is 3. The predicted octanol–water partition coefficient (Wildman–Crippen LogP) is 1.66. The number of nitrogens with two attached hydrogens (primary N) is 1. The highest BCUT2D eigenvalue weighted by molar-refractivity contribution is 5.99. The molecule has 0 bridgehead atoms. The van der Waals surface area contributed by atoms with Gasteiger partial charge in [-0.25, -0.2) is 8.78 Å². The van der Waals surface area contributed by atoms with Crippen LogP contribution < -0.4 is 10.5 Å². The van der Waals surface area contributed by atoms with Crippen LogP contribution in [-0.2, 0) is 0 Å². The van der Waals surface area contributed by atoms with E-state index >= 15 is 0 Å². The Kier molecular flexibility index (Phi) is 3.15. The molecular formula is C12H10F3NO4. The first kappa shape index (κ1) is 14.2. The van der Waals surface area contributed by atoms with Gasteiger partial charge in [-0.15, -0.1) is 4.39 Å². The van der Waals surface area contributed by atoms with E-state index in [0.29, 0.717) is 6.07 Å². The SMILES string of the molecule is Cc1cc(N)c(O)c2c(F)cc(F)c(OC(O)(O)F)c12. The average Bonchev–Trinajstić information content (AvgIpc) is 2.28. The summed E-state index contributed by atoms with van der Waals surface area (Å²) in [7, 11) is 0. The molecule has 2 rings (SSSR count). The third kappa shape index (κ3) is 2.30. The number of hydrogen-bond donors (Lipinski definition) is 4. The zero-order chi connectivity index (χ0) is 15.2. The molecule has 0 radical (unpaired) electrons. The number of rotatable bonds is 2. The summed E-state index contributed by atoms with van der Waals surface area (Å²) in [5.74, 6) is -4.17. The first-order chi connectivity index (χ1) is 9.11. The fourth-order valence-electron chi connectivity index (χ4n) is 1.96. The minimum absolute atomic E-state index is 0.146. The van der Waals surface area contributed by atoms with Gasteiger partial charge in [-0.2, -0.15) is 0 Å². The smallest absolute Gasteiger partial charge is 0.492 e. The number of phenols is 1. The predicted molar refractivity (Wildman–Crippen MR) is 63.6 cm³/mol. The third-order valence-corrected chi connectivity index (χ3v) is 2.69. The quantitative estimate of drug-likeness (QED) is 0.383. The van der Waals surface area contributed by atoms with Crippen molar-refractivity contribution in [1.29, 1.82) is 0 Å². The van der Waals surface area contributed by atoms with Crippen LogP contribution >= 0.6 is 0 Å². The fraction of sp³-hybridized carbons (Fsp3) is 0.167. The molecule has 0 heterocycles. The largest absolute Gasteiger partial charge is 0.505 e. The Hall–Kier alpha value is -2.19. The molecule has 5 nitrogen and oxygen atoms in total. The van der Waals surface area contributed by atoms with E-state index < -0.39 is 34.7 Å². The van der Waals surface area contributed by atoms with Gasteiger partial charge in [0.1, 0.15) is 11.6 Å². The van der Waals surface area contributed by atoms with Crippen LogP contribution in [0, 0.1) is 18.6 Å². The minimum atomic E-state index is -4.16. The van der Waals surface area contributed by atoms with Gasteiger partial charge in [0.15, 0.2) is 11.6 Å². The van der Waals surface area contributed by atoms with E-state index in [-0.39, 0.29) is 16.6 Å². The van der Waals surface area contributed by atoms with E-state index in [4.69, 9.17) is 15.9 Å². The zero-order valence-corrected chi connectivity index (χ0v) is 10.1. The summed E-state index contributed by atoms with van der Waals surface area (Å²) in [6, 6.07) is 1.49. The topological polar surface area (TPSA) is 95.9 Å². The van der Waals surface area contributed by atoms with Gasteiger partial charge in [-0.3, -0.25) is 0 Å². The molecule has 0 saturated carbocycles. The third-order valence-electron chi connectivity index (χ3n) is 2.69. The van der Waals surface area contributed by atoms with Gasteiger partial charge in [-0.05, 0) is 18.6 Å². The van der Waals surface area contributed by atoms with Crippen LogP contribution in [-0.4, -0.2) is 21.5 Å². The second-order valence-electron chi connectivity index (χ2n) is 4.18. The monoisotopic (exact) mass is 289 g/mol. The first-order valence-corrected chi connectivity index (χ1v) is 5.34. The normalized spacial score (nSPS) is 11.9. The lowest BCUT2D eigenvalue weighted by atomic mass is 10.0. The number of ether oxygens (including phenoxy) is 1. The lowest BCUT2D eigenvalue weighted by Gasteiger charge is -2.18. The number of hydrogen-bond acceptors (Lipinski definition) is 5. The maximum absolute atomic E-state index is 13.8. The molecule has 0 amide bonds. The van der Waals surface area contributed by atoms with E-state index in [1.807, 2.05) is 0 Å². The van der Waals surface area contributed by atoms with Crippen LogP contribution in [0.2, 0.25) is 0 Å². The van der Waals surface area contributed by atoms with Gasteiger partial charge in [0.05, 0.1) is 11.1 Å². The molecular weight excluding hydrogens is 279 g/mol. The summed E-state index contributed by atoms with van der Waals surface area (Å²) in [6.07, 6.45) is -4.16. The summed E-state index contributed by atoms with van der Waals surface area (Å²) in [6.45, 7) is 1.37. The second kappa shape index (κ2) is 4.43. The van der Waals surface area contributed by atoms with E-state index in [1.54, 1.807) is 0 Å². The van der Waals surface area contributed by atoms with Crippen molar-refractivity contribution in [3.05, 3.63) is 29.3 Å². The van der Waals surface area contributed by atoms with Crippen molar-refractivity contribution >= 4 is 16.5 Å². The summed E-state index contributed by atoms with van der Waals surface area (Å²) < 4.78 is 44.2. The minimum Gasteiger partial charge on any atom is -0.505 e. The zero-order valence-electron chi connectivity index (χ0n) is 10.1. The molecule has 108 valence electrons. The average molecular weight is 289 g/mol. The van der Waals surface area contributed by atoms with Crippen LogP contribution in [0.15, 0.2) is 12.1 Å². The van der Waals surface area contributed by atoms with Crippen molar-refractivity contribution in [3.8, 4) is 11.5 Å². The molecule has 2 aromatic rings. The number of aromatic hydroxyl groups is 1. The number of fused-ring (bicyclic) bond motifs is 1. The van der Waals surface area contributed by atoms with Crippen LogP contribution in [0.25, 0.3) is 10.8 Å². The fourth-order valence-corrected chi connectivity index (χ4v) is 1.96. The lowest BCUT2D eigenvalue weighted by molar-refractivity contribution is -0.375. The molecule has 0 aliphatic carbocycles. The number of phenolic OH excluding ortho intramolecular Hbond substituents is 1. The first-order valence-electron chi connectivity index (χ1n) is 5.34. The molecule has 0 aliphatic rings. The Bertz CT molecular complexity index is 698. The van der Waals surface area contributed by atoms with Crippen molar-refractivity contribution in [2.75, 3.05) is 5.73 Å². The van der Waals surface area contributed by atoms with Crippen molar-refractivity contribution in [2.24, 2.45) is 0 Å². The van der Waals surface area contributed by atoms with Crippen LogP contribution in [0.3, 0.4) is 0 Å². The van der Waals surface area contributed by atoms with E-state index in [9.17, 15) is 18.3 Å². The van der Waals surface area contributed by atoms with E-state index in [2.05, 4.69) is 4.74 Å². The molecule has 0 aromatic heterocycles. The Morgan fingerprint density at radius 2 is 1.75 bits per heavy atom.